The molecule has 85 valence electrons. The van der Waals surface area contributed by atoms with Crippen molar-refractivity contribution in [3.8, 4) is 0 Å². The van der Waals surface area contributed by atoms with E-state index >= 15 is 0 Å². The molecule has 14 heavy (non-hydrogen) atoms. The average Bonchev–Trinajstić information content (AvgIpc) is 2.48. The fraction of sp³-hybridized carbons (Fsp3) is 0.727. The monoisotopic (exact) mass is 339 g/mol. The minimum atomic E-state index is 0. The van der Waals surface area contributed by atoms with Gasteiger partial charge in [-0.25, -0.2) is 0 Å². The molecular weight excluding hydrogens is 319 g/mol. The van der Waals surface area contributed by atoms with Crippen molar-refractivity contribution in [3.05, 3.63) is 12.8 Å². The summed E-state index contributed by atoms with van der Waals surface area (Å²) < 4.78 is 0. The number of likely N-dealkylation sites (tertiary alicyclic amines) is 1. The molecule has 0 aromatic rings. The molecule has 0 saturated carbocycles. The van der Waals surface area contributed by atoms with E-state index in [2.05, 4.69) is 36.7 Å². The van der Waals surface area contributed by atoms with E-state index in [4.69, 9.17) is 0 Å². The van der Waals surface area contributed by atoms with Gasteiger partial charge in [-0.05, 0) is 0 Å². The summed E-state index contributed by atoms with van der Waals surface area (Å²) in [5.74, 6) is 1.23. The first-order chi connectivity index (χ1) is 6.29. The fourth-order valence-corrected chi connectivity index (χ4v) is 1.83. The Kier molecular flexibility index (Phi) is 8.40. The Labute approximate surface area is 119 Å². The van der Waals surface area contributed by atoms with Crippen LogP contribution < -0.4 is 0 Å². The third-order valence-electron chi connectivity index (χ3n) is 2.73. The van der Waals surface area contributed by atoms with Gasteiger partial charge in [0.15, 0.2) is 0 Å². The van der Waals surface area contributed by atoms with Crippen LogP contribution in [0.25, 0.3) is 0 Å². The van der Waals surface area contributed by atoms with Crippen LogP contribution in [0.2, 0.25) is 0 Å². The van der Waals surface area contributed by atoms with E-state index in [0.717, 1.165) is 6.42 Å². The number of amidine groups is 1. The Morgan fingerprint density at radius 3 is 2.86 bits per heavy atom. The van der Waals surface area contributed by atoms with Crippen LogP contribution in [0.5, 0.6) is 0 Å². The van der Waals surface area contributed by atoms with Crippen LogP contribution in [0.3, 0.4) is 0 Å². The smallest absolute Gasteiger partial charge is 0.0661 e. The molecule has 2 nitrogen and oxygen atoms in total. The van der Waals surface area contributed by atoms with Crippen molar-refractivity contribution < 1.29 is 38.6 Å². The minimum absolute atomic E-state index is 0. The number of hydrogen-bond acceptors (Lipinski definition) is 1. The maximum atomic E-state index is 4.25. The molecule has 1 radical (unpaired) electrons. The molecule has 0 aromatic carbocycles. The van der Waals surface area contributed by atoms with Gasteiger partial charge in [-0.3, -0.25) is 11.4 Å². The van der Waals surface area contributed by atoms with Crippen LogP contribution in [0.1, 0.15) is 32.6 Å². The van der Waals surface area contributed by atoms with Crippen molar-refractivity contribution in [2.24, 2.45) is 4.99 Å². The summed E-state index contributed by atoms with van der Waals surface area (Å²) in [6.45, 7) is 2.13. The zero-order valence-electron chi connectivity index (χ0n) is 9.29. The molecule has 0 N–H and O–H groups in total. The number of nitrogens with zero attached hydrogens (tertiary/aromatic N) is 2. The second-order valence-corrected chi connectivity index (χ2v) is 3.60. The standard InChI is InChI=1S/C11H20N2.Tb/c1-4-5-6-7-10-8-9-11(12-2)13(10)3;/h4,8,10H,5-7,9H2,1-3H3;/q-2;. The van der Waals surface area contributed by atoms with Gasteiger partial charge in [-0.2, -0.15) is 13.3 Å². The van der Waals surface area contributed by atoms with E-state index in [1.807, 2.05) is 7.05 Å². The van der Waals surface area contributed by atoms with Crippen LogP contribution in [0, 0.1) is 51.5 Å². The normalized spacial score (nSPS) is 24.1. The molecule has 0 aromatic heterocycles. The van der Waals surface area contributed by atoms with Gasteiger partial charge in [0.1, 0.15) is 0 Å². The molecule has 0 aliphatic carbocycles. The van der Waals surface area contributed by atoms with Crippen LogP contribution in [0.15, 0.2) is 4.99 Å². The zero-order valence-corrected chi connectivity index (χ0v) is 11.4. The molecule has 1 heterocycles. The van der Waals surface area contributed by atoms with Crippen molar-refractivity contribution in [2.45, 2.75) is 38.6 Å². The number of unbranched alkanes of at least 4 members (excludes halogenated alkanes) is 2. The van der Waals surface area contributed by atoms with Gasteiger partial charge in [0.25, 0.3) is 0 Å². The molecule has 1 rings (SSSR count). The summed E-state index contributed by atoms with van der Waals surface area (Å²) in [4.78, 5) is 6.55. The first-order valence-electron chi connectivity index (χ1n) is 5.09. The molecule has 1 aliphatic rings. The van der Waals surface area contributed by atoms with E-state index in [0.29, 0.717) is 6.04 Å². The Hall–Kier alpha value is 0.756. The molecule has 0 bridgehead atoms. The third-order valence-corrected chi connectivity index (χ3v) is 2.73. The van der Waals surface area contributed by atoms with E-state index < -0.39 is 0 Å². The van der Waals surface area contributed by atoms with Gasteiger partial charge in [-0.1, -0.05) is 18.9 Å². The molecule has 0 spiro atoms. The third kappa shape index (κ3) is 4.09. The molecule has 1 atom stereocenters. The fourth-order valence-electron chi connectivity index (χ4n) is 1.83. The van der Waals surface area contributed by atoms with Gasteiger partial charge in [0, 0.05) is 52.7 Å². The van der Waals surface area contributed by atoms with E-state index in [1.165, 1.54) is 25.1 Å². The molecule has 0 amide bonds. The molecule has 1 saturated heterocycles. The first kappa shape index (κ1) is 14.8. The van der Waals surface area contributed by atoms with E-state index in [-0.39, 0.29) is 38.6 Å². The predicted molar refractivity (Wildman–Crippen MR) is 57.7 cm³/mol. The molecule has 1 unspecified atom stereocenters. The maximum Gasteiger partial charge on any atom is 0.0661 e. The topological polar surface area (TPSA) is 15.6 Å². The molecule has 3 heteroatoms. The van der Waals surface area contributed by atoms with Crippen molar-refractivity contribution in [3.63, 3.8) is 0 Å². The van der Waals surface area contributed by atoms with Crippen molar-refractivity contribution in [2.75, 3.05) is 14.1 Å². The summed E-state index contributed by atoms with van der Waals surface area (Å²) in [6, 6.07) is 0.624. The predicted octanol–water partition coefficient (Wildman–Crippen LogP) is 2.32. The Morgan fingerprint density at radius 1 is 1.64 bits per heavy atom. The summed E-state index contributed by atoms with van der Waals surface area (Å²) in [5, 5.41) is 0. The largest absolute Gasteiger partial charge is 0.392 e. The summed E-state index contributed by atoms with van der Waals surface area (Å²) >= 11 is 0. The van der Waals surface area contributed by atoms with Gasteiger partial charge < -0.3 is 11.3 Å². The first-order valence-corrected chi connectivity index (χ1v) is 5.09. The molecular formula is C11H20N2Tb-2. The number of aliphatic imine (C=N–C) groups is 1. The van der Waals surface area contributed by atoms with Crippen molar-refractivity contribution >= 4 is 5.84 Å². The maximum absolute atomic E-state index is 4.25. The Bertz CT molecular complexity index is 180. The van der Waals surface area contributed by atoms with E-state index in [9.17, 15) is 0 Å². The van der Waals surface area contributed by atoms with Crippen LogP contribution in [0.4, 0.5) is 0 Å². The second-order valence-electron chi connectivity index (χ2n) is 3.60. The molecule has 1 fully saturated rings. The summed E-state index contributed by atoms with van der Waals surface area (Å²) in [7, 11) is 4.02. The quantitative estimate of drug-likeness (QED) is 0.567. The SMILES string of the molecule is C[CH-]CCCC1[CH-]CC(=NC)N1C.[Tb]. The van der Waals surface area contributed by atoms with E-state index in [1.54, 1.807) is 0 Å². The Balaban J connectivity index is 0.00000169. The minimum Gasteiger partial charge on any atom is -0.392 e. The van der Waals surface area contributed by atoms with Gasteiger partial charge in [0.05, 0.1) is 5.84 Å². The summed E-state index contributed by atoms with van der Waals surface area (Å²) in [5.41, 5.74) is 0. The van der Waals surface area contributed by atoms with Crippen molar-refractivity contribution in [1.82, 2.24) is 4.90 Å². The van der Waals surface area contributed by atoms with Gasteiger partial charge in [-0.15, -0.1) is 6.42 Å². The number of rotatable bonds is 4. The van der Waals surface area contributed by atoms with Crippen LogP contribution in [-0.4, -0.2) is 30.9 Å². The summed E-state index contributed by atoms with van der Waals surface area (Å²) in [6.07, 6.45) is 9.45. The van der Waals surface area contributed by atoms with Crippen LogP contribution >= 0.6 is 0 Å². The second kappa shape index (κ2) is 7.97. The van der Waals surface area contributed by atoms with Gasteiger partial charge in [0.2, 0.25) is 0 Å². The van der Waals surface area contributed by atoms with Crippen molar-refractivity contribution in [1.29, 1.82) is 0 Å². The molecule has 1 aliphatic heterocycles. The Morgan fingerprint density at radius 2 is 2.36 bits per heavy atom. The van der Waals surface area contributed by atoms with Gasteiger partial charge >= 0.3 is 0 Å². The van der Waals surface area contributed by atoms with Crippen LogP contribution in [-0.2, 0) is 0 Å². The average molecular weight is 339 g/mol. The zero-order chi connectivity index (χ0) is 9.68. The number of hydrogen-bond donors (Lipinski definition) is 0.